The summed E-state index contributed by atoms with van der Waals surface area (Å²) in [6.07, 6.45) is 0. The number of benzene rings is 1. The Morgan fingerprint density at radius 1 is 1.43 bits per heavy atom. The molecule has 0 N–H and O–H groups in total. The SMILES string of the molecule is Cc1noc(-c2ccc(F)c(Br)c2)n1. The molecule has 1 aromatic carbocycles. The Bertz CT molecular complexity index is 470. The predicted octanol–water partition coefficient (Wildman–Crippen LogP) is 2.95. The zero-order valence-corrected chi connectivity index (χ0v) is 8.88. The van der Waals surface area contributed by atoms with Crippen LogP contribution in [-0.2, 0) is 0 Å². The van der Waals surface area contributed by atoms with E-state index in [2.05, 4.69) is 26.1 Å². The molecule has 0 fully saturated rings. The largest absolute Gasteiger partial charge is 0.334 e. The third kappa shape index (κ3) is 1.68. The predicted molar refractivity (Wildman–Crippen MR) is 52.1 cm³/mol. The fourth-order valence-electron chi connectivity index (χ4n) is 1.04. The van der Waals surface area contributed by atoms with E-state index >= 15 is 0 Å². The van der Waals surface area contributed by atoms with Gasteiger partial charge in [0.15, 0.2) is 5.82 Å². The molecule has 0 radical (unpaired) electrons. The van der Waals surface area contributed by atoms with Crippen molar-refractivity contribution in [3.63, 3.8) is 0 Å². The zero-order chi connectivity index (χ0) is 10.1. The van der Waals surface area contributed by atoms with Crippen molar-refractivity contribution in [2.75, 3.05) is 0 Å². The van der Waals surface area contributed by atoms with E-state index in [0.717, 1.165) is 0 Å². The van der Waals surface area contributed by atoms with Crippen LogP contribution in [0.3, 0.4) is 0 Å². The fourth-order valence-corrected chi connectivity index (χ4v) is 1.42. The molecule has 0 bridgehead atoms. The Morgan fingerprint density at radius 3 is 2.79 bits per heavy atom. The van der Waals surface area contributed by atoms with E-state index in [4.69, 9.17) is 4.52 Å². The van der Waals surface area contributed by atoms with Crippen LogP contribution in [0.25, 0.3) is 11.5 Å². The van der Waals surface area contributed by atoms with Crippen molar-refractivity contribution >= 4 is 15.9 Å². The number of aromatic nitrogens is 2. The van der Waals surface area contributed by atoms with Crippen LogP contribution in [0.4, 0.5) is 4.39 Å². The van der Waals surface area contributed by atoms with Crippen molar-refractivity contribution in [3.8, 4) is 11.5 Å². The molecule has 0 atom stereocenters. The normalized spacial score (nSPS) is 10.5. The molecule has 3 nitrogen and oxygen atoms in total. The lowest BCUT2D eigenvalue weighted by molar-refractivity contribution is 0.425. The van der Waals surface area contributed by atoms with E-state index in [1.807, 2.05) is 0 Å². The summed E-state index contributed by atoms with van der Waals surface area (Å²) in [7, 11) is 0. The molecule has 0 aliphatic carbocycles. The van der Waals surface area contributed by atoms with Gasteiger partial charge in [-0.3, -0.25) is 0 Å². The van der Waals surface area contributed by atoms with E-state index in [-0.39, 0.29) is 5.82 Å². The van der Waals surface area contributed by atoms with Crippen molar-refractivity contribution in [1.82, 2.24) is 10.1 Å². The number of halogens is 2. The number of nitrogens with zero attached hydrogens (tertiary/aromatic N) is 2. The highest BCUT2D eigenvalue weighted by Gasteiger charge is 2.08. The van der Waals surface area contributed by atoms with Crippen LogP contribution in [0.1, 0.15) is 5.82 Å². The lowest BCUT2D eigenvalue weighted by Crippen LogP contribution is -1.81. The van der Waals surface area contributed by atoms with E-state index in [0.29, 0.717) is 21.8 Å². The summed E-state index contributed by atoms with van der Waals surface area (Å²) in [6.45, 7) is 1.73. The average Bonchev–Trinajstić information content (AvgIpc) is 2.57. The third-order valence-electron chi connectivity index (χ3n) is 1.69. The van der Waals surface area contributed by atoms with Gasteiger partial charge in [-0.15, -0.1) is 0 Å². The van der Waals surface area contributed by atoms with Crippen LogP contribution in [0, 0.1) is 12.7 Å². The summed E-state index contributed by atoms with van der Waals surface area (Å²) < 4.78 is 18.2. The summed E-state index contributed by atoms with van der Waals surface area (Å²) in [5.41, 5.74) is 0.693. The minimum atomic E-state index is -0.315. The second-order valence-electron chi connectivity index (χ2n) is 2.78. The van der Waals surface area contributed by atoms with Gasteiger partial charge in [-0.25, -0.2) is 4.39 Å². The number of rotatable bonds is 1. The van der Waals surface area contributed by atoms with Crippen LogP contribution < -0.4 is 0 Å². The molecule has 1 heterocycles. The highest BCUT2D eigenvalue weighted by atomic mass is 79.9. The molecule has 2 rings (SSSR count). The van der Waals surface area contributed by atoms with Crippen molar-refractivity contribution in [2.24, 2.45) is 0 Å². The Kier molecular flexibility index (Phi) is 2.33. The topological polar surface area (TPSA) is 38.9 Å². The van der Waals surface area contributed by atoms with Crippen molar-refractivity contribution in [2.45, 2.75) is 6.92 Å². The molecule has 0 spiro atoms. The van der Waals surface area contributed by atoms with Gasteiger partial charge in [0.1, 0.15) is 5.82 Å². The summed E-state index contributed by atoms with van der Waals surface area (Å²) >= 11 is 3.09. The number of hydrogen-bond acceptors (Lipinski definition) is 3. The monoisotopic (exact) mass is 256 g/mol. The minimum absolute atomic E-state index is 0.315. The summed E-state index contributed by atoms with van der Waals surface area (Å²) in [5, 5.41) is 3.65. The van der Waals surface area contributed by atoms with Crippen molar-refractivity contribution in [3.05, 3.63) is 34.3 Å². The molecule has 0 unspecified atom stereocenters. The fraction of sp³-hybridized carbons (Fsp3) is 0.111. The van der Waals surface area contributed by atoms with Gasteiger partial charge in [-0.05, 0) is 41.1 Å². The second-order valence-corrected chi connectivity index (χ2v) is 3.63. The molecule has 0 aliphatic rings. The first kappa shape index (κ1) is 9.33. The van der Waals surface area contributed by atoms with Crippen LogP contribution in [0.2, 0.25) is 0 Å². The zero-order valence-electron chi connectivity index (χ0n) is 7.29. The molecule has 14 heavy (non-hydrogen) atoms. The smallest absolute Gasteiger partial charge is 0.257 e. The minimum Gasteiger partial charge on any atom is -0.334 e. The van der Waals surface area contributed by atoms with Gasteiger partial charge in [0.05, 0.1) is 4.47 Å². The van der Waals surface area contributed by atoms with E-state index in [1.165, 1.54) is 6.07 Å². The molecule has 2 aromatic rings. The Morgan fingerprint density at radius 2 is 2.21 bits per heavy atom. The summed E-state index contributed by atoms with van der Waals surface area (Å²) in [4.78, 5) is 4.03. The third-order valence-corrected chi connectivity index (χ3v) is 2.30. The lowest BCUT2D eigenvalue weighted by atomic mass is 10.2. The second kappa shape index (κ2) is 3.49. The molecule has 0 saturated carbocycles. The van der Waals surface area contributed by atoms with Gasteiger partial charge < -0.3 is 4.52 Å². The first-order valence-electron chi connectivity index (χ1n) is 3.92. The molecule has 0 aliphatic heterocycles. The molecule has 5 heteroatoms. The molecular formula is C9H6BrFN2O. The van der Waals surface area contributed by atoms with Gasteiger partial charge in [-0.2, -0.15) is 4.98 Å². The van der Waals surface area contributed by atoms with Crippen LogP contribution in [-0.4, -0.2) is 10.1 Å². The van der Waals surface area contributed by atoms with Gasteiger partial charge in [0.25, 0.3) is 5.89 Å². The molecule has 72 valence electrons. The van der Waals surface area contributed by atoms with Crippen molar-refractivity contribution in [1.29, 1.82) is 0 Å². The van der Waals surface area contributed by atoms with Gasteiger partial charge in [0, 0.05) is 5.56 Å². The molecule has 0 amide bonds. The standard InChI is InChI=1S/C9H6BrFN2O/c1-5-12-9(14-13-5)6-2-3-8(11)7(10)4-6/h2-4H,1H3. The first-order chi connectivity index (χ1) is 6.66. The average molecular weight is 257 g/mol. The summed E-state index contributed by atoms with van der Waals surface area (Å²) in [6, 6.07) is 4.54. The van der Waals surface area contributed by atoms with Gasteiger partial charge in [0.2, 0.25) is 0 Å². The summed E-state index contributed by atoms with van der Waals surface area (Å²) in [5.74, 6) is 0.633. The lowest BCUT2D eigenvalue weighted by Gasteiger charge is -1.96. The Hall–Kier alpha value is -1.23. The van der Waals surface area contributed by atoms with Gasteiger partial charge >= 0.3 is 0 Å². The highest BCUT2D eigenvalue weighted by Crippen LogP contribution is 2.23. The molecule has 1 aromatic heterocycles. The van der Waals surface area contributed by atoms with Crippen molar-refractivity contribution < 1.29 is 8.91 Å². The Balaban J connectivity index is 2.47. The maximum Gasteiger partial charge on any atom is 0.257 e. The maximum atomic E-state index is 12.9. The van der Waals surface area contributed by atoms with Gasteiger partial charge in [-0.1, -0.05) is 5.16 Å². The van der Waals surface area contributed by atoms with Crippen LogP contribution in [0.5, 0.6) is 0 Å². The van der Waals surface area contributed by atoms with E-state index in [9.17, 15) is 4.39 Å². The molecule has 0 saturated heterocycles. The van der Waals surface area contributed by atoms with Crippen LogP contribution >= 0.6 is 15.9 Å². The first-order valence-corrected chi connectivity index (χ1v) is 4.72. The number of aryl methyl sites for hydroxylation is 1. The highest BCUT2D eigenvalue weighted by molar-refractivity contribution is 9.10. The van der Waals surface area contributed by atoms with E-state index in [1.54, 1.807) is 19.1 Å². The van der Waals surface area contributed by atoms with E-state index < -0.39 is 0 Å². The number of hydrogen-bond donors (Lipinski definition) is 0. The molecular weight excluding hydrogens is 251 g/mol. The Labute approximate surface area is 88.1 Å². The quantitative estimate of drug-likeness (QED) is 0.788. The maximum absolute atomic E-state index is 12.9. The van der Waals surface area contributed by atoms with Crippen LogP contribution in [0.15, 0.2) is 27.2 Å².